The highest BCUT2D eigenvalue weighted by atomic mass is 79.9. The highest BCUT2D eigenvalue weighted by Crippen LogP contribution is 2.23. The number of carbonyl (C=O) groups excluding carboxylic acids is 1. The number of halogens is 1. The van der Waals surface area contributed by atoms with Crippen LogP contribution >= 0.6 is 15.9 Å². The molecule has 1 unspecified atom stereocenters. The van der Waals surface area contributed by atoms with E-state index in [1.807, 2.05) is 49.4 Å². The number of alkyl halides is 1. The Morgan fingerprint density at radius 2 is 2.00 bits per heavy atom. The lowest BCUT2D eigenvalue weighted by Crippen LogP contribution is -2.18. The van der Waals surface area contributed by atoms with Crippen LogP contribution in [-0.2, 0) is 4.74 Å². The molecule has 2 rings (SSSR count). The Hall–Kier alpha value is -1.55. The first-order valence-corrected chi connectivity index (χ1v) is 7.30. The van der Waals surface area contributed by atoms with Crippen LogP contribution in [-0.4, -0.2) is 18.0 Å². The van der Waals surface area contributed by atoms with Crippen LogP contribution < -0.4 is 5.32 Å². The van der Waals surface area contributed by atoms with Gasteiger partial charge in [0.15, 0.2) is 0 Å². The van der Waals surface area contributed by atoms with Crippen molar-refractivity contribution in [1.82, 2.24) is 0 Å². The van der Waals surface area contributed by atoms with Crippen LogP contribution in [0.25, 0.3) is 10.8 Å². The van der Waals surface area contributed by atoms with Gasteiger partial charge in [0.2, 0.25) is 0 Å². The van der Waals surface area contributed by atoms with Crippen molar-refractivity contribution in [2.75, 3.05) is 17.3 Å². The second-order valence-electron chi connectivity index (χ2n) is 4.51. The van der Waals surface area contributed by atoms with Crippen LogP contribution in [0.15, 0.2) is 42.5 Å². The Bertz CT molecular complexity index is 566. The molecule has 1 atom stereocenters. The lowest BCUT2D eigenvalue weighted by molar-refractivity contribution is 0.148. The summed E-state index contributed by atoms with van der Waals surface area (Å²) in [4.78, 5) is 11.7. The number of anilines is 1. The molecular formula is C15H16BrNO2. The van der Waals surface area contributed by atoms with Gasteiger partial charge >= 0.3 is 6.09 Å². The third-order valence-corrected chi connectivity index (χ3v) is 3.89. The Balaban J connectivity index is 2.07. The van der Waals surface area contributed by atoms with Crippen molar-refractivity contribution < 1.29 is 9.53 Å². The third kappa shape index (κ3) is 3.70. The molecule has 2 aromatic rings. The van der Waals surface area contributed by atoms with E-state index in [-0.39, 0.29) is 0 Å². The molecule has 19 heavy (non-hydrogen) atoms. The van der Waals surface area contributed by atoms with Gasteiger partial charge in [-0.25, -0.2) is 4.79 Å². The van der Waals surface area contributed by atoms with Crippen LogP contribution in [0.2, 0.25) is 0 Å². The lowest BCUT2D eigenvalue weighted by atomic mass is 10.1. The zero-order valence-electron chi connectivity index (χ0n) is 10.7. The molecule has 0 heterocycles. The summed E-state index contributed by atoms with van der Waals surface area (Å²) < 4.78 is 5.17. The summed E-state index contributed by atoms with van der Waals surface area (Å²) in [5.41, 5.74) is 0.773. The number of nitrogens with one attached hydrogen (secondary N) is 1. The van der Waals surface area contributed by atoms with Crippen LogP contribution in [0.1, 0.15) is 6.92 Å². The number of fused-ring (bicyclic) bond motifs is 1. The summed E-state index contributed by atoms with van der Waals surface area (Å²) in [7, 11) is 0. The maximum Gasteiger partial charge on any atom is 0.411 e. The van der Waals surface area contributed by atoms with Gasteiger partial charge in [0.25, 0.3) is 0 Å². The maximum absolute atomic E-state index is 11.7. The number of ether oxygens (including phenoxy) is 1. The zero-order valence-corrected chi connectivity index (χ0v) is 12.3. The number of amides is 1. The van der Waals surface area contributed by atoms with Gasteiger partial charge in [-0.1, -0.05) is 59.3 Å². The Morgan fingerprint density at radius 1 is 1.26 bits per heavy atom. The van der Waals surface area contributed by atoms with E-state index in [1.165, 1.54) is 0 Å². The lowest BCUT2D eigenvalue weighted by Gasteiger charge is -2.11. The minimum atomic E-state index is -0.413. The van der Waals surface area contributed by atoms with E-state index in [9.17, 15) is 4.79 Å². The molecule has 0 saturated carbocycles. The molecule has 1 amide bonds. The Labute approximate surface area is 121 Å². The average molecular weight is 322 g/mol. The van der Waals surface area contributed by atoms with Crippen LogP contribution in [0.5, 0.6) is 0 Å². The molecule has 0 fully saturated rings. The second kappa shape index (κ2) is 6.57. The smallest absolute Gasteiger partial charge is 0.411 e. The third-order valence-electron chi connectivity index (χ3n) is 2.79. The predicted molar refractivity (Wildman–Crippen MR) is 81.9 cm³/mol. The molecule has 0 radical (unpaired) electrons. The zero-order chi connectivity index (χ0) is 13.7. The van der Waals surface area contributed by atoms with Gasteiger partial charge in [0, 0.05) is 16.6 Å². The number of hydrogen-bond donors (Lipinski definition) is 1. The molecular weight excluding hydrogens is 306 g/mol. The topological polar surface area (TPSA) is 38.3 Å². The normalized spacial score (nSPS) is 12.1. The van der Waals surface area contributed by atoms with Gasteiger partial charge in [-0.3, -0.25) is 5.32 Å². The van der Waals surface area contributed by atoms with E-state index in [1.54, 1.807) is 0 Å². The van der Waals surface area contributed by atoms with Gasteiger partial charge in [0.1, 0.15) is 0 Å². The van der Waals surface area contributed by atoms with Crippen molar-refractivity contribution in [2.24, 2.45) is 5.92 Å². The van der Waals surface area contributed by atoms with Crippen molar-refractivity contribution in [2.45, 2.75) is 6.92 Å². The molecule has 0 saturated heterocycles. The van der Waals surface area contributed by atoms with Gasteiger partial charge in [0.05, 0.1) is 12.3 Å². The minimum absolute atomic E-state index is 0.304. The monoisotopic (exact) mass is 321 g/mol. The summed E-state index contributed by atoms with van der Waals surface area (Å²) in [6.07, 6.45) is -0.413. The summed E-state index contributed by atoms with van der Waals surface area (Å²) in [6.45, 7) is 2.42. The quantitative estimate of drug-likeness (QED) is 0.846. The van der Waals surface area contributed by atoms with Crippen molar-refractivity contribution in [3.05, 3.63) is 42.5 Å². The van der Waals surface area contributed by atoms with Gasteiger partial charge in [-0.2, -0.15) is 0 Å². The molecule has 0 aliphatic carbocycles. The fourth-order valence-corrected chi connectivity index (χ4v) is 1.93. The average Bonchev–Trinajstić information content (AvgIpc) is 2.45. The minimum Gasteiger partial charge on any atom is -0.449 e. The number of rotatable bonds is 4. The molecule has 0 aliphatic rings. The first-order chi connectivity index (χ1) is 9.20. The summed E-state index contributed by atoms with van der Waals surface area (Å²) in [6, 6.07) is 13.7. The largest absolute Gasteiger partial charge is 0.449 e. The van der Waals surface area contributed by atoms with E-state index >= 15 is 0 Å². The Kier molecular flexibility index (Phi) is 4.80. The molecule has 0 aliphatic heterocycles. The fourth-order valence-electron chi connectivity index (χ4n) is 1.74. The van der Waals surface area contributed by atoms with E-state index in [0.29, 0.717) is 12.5 Å². The Morgan fingerprint density at radius 3 is 2.79 bits per heavy atom. The summed E-state index contributed by atoms with van der Waals surface area (Å²) in [5, 5.41) is 5.70. The highest BCUT2D eigenvalue weighted by molar-refractivity contribution is 9.09. The highest BCUT2D eigenvalue weighted by Gasteiger charge is 2.08. The number of hydrogen-bond acceptors (Lipinski definition) is 2. The van der Waals surface area contributed by atoms with Crippen LogP contribution in [0.4, 0.5) is 10.5 Å². The molecule has 0 spiro atoms. The maximum atomic E-state index is 11.7. The fraction of sp³-hybridized carbons (Fsp3) is 0.267. The predicted octanol–water partition coefficient (Wildman–Crippen LogP) is 4.42. The first kappa shape index (κ1) is 13.9. The molecule has 0 aromatic heterocycles. The molecule has 3 nitrogen and oxygen atoms in total. The van der Waals surface area contributed by atoms with Crippen molar-refractivity contribution in [3.8, 4) is 0 Å². The number of benzene rings is 2. The summed E-state index contributed by atoms with van der Waals surface area (Å²) >= 11 is 3.35. The van der Waals surface area contributed by atoms with Crippen LogP contribution in [0, 0.1) is 5.92 Å². The SMILES string of the molecule is CC(CBr)COC(=O)Nc1cccc2ccccc12. The van der Waals surface area contributed by atoms with E-state index < -0.39 is 6.09 Å². The second-order valence-corrected chi connectivity index (χ2v) is 5.16. The first-order valence-electron chi connectivity index (χ1n) is 6.18. The van der Waals surface area contributed by atoms with Crippen molar-refractivity contribution in [1.29, 1.82) is 0 Å². The molecule has 2 aromatic carbocycles. The standard InChI is InChI=1S/C15H16BrNO2/c1-11(9-16)10-19-15(18)17-14-8-4-6-12-5-2-3-7-13(12)14/h2-8,11H,9-10H2,1H3,(H,17,18). The van der Waals surface area contributed by atoms with E-state index in [4.69, 9.17) is 4.74 Å². The molecule has 4 heteroatoms. The van der Waals surface area contributed by atoms with Gasteiger partial charge < -0.3 is 4.74 Å². The molecule has 0 bridgehead atoms. The van der Waals surface area contributed by atoms with E-state index in [2.05, 4.69) is 21.2 Å². The van der Waals surface area contributed by atoms with Crippen LogP contribution in [0.3, 0.4) is 0 Å². The van der Waals surface area contributed by atoms with Gasteiger partial charge in [-0.15, -0.1) is 0 Å². The molecule has 1 N–H and O–H groups in total. The summed E-state index contributed by atoms with van der Waals surface area (Å²) in [5.74, 6) is 0.304. The van der Waals surface area contributed by atoms with Crippen molar-refractivity contribution in [3.63, 3.8) is 0 Å². The number of carbonyl (C=O) groups is 1. The molecule has 100 valence electrons. The van der Waals surface area contributed by atoms with E-state index in [0.717, 1.165) is 21.8 Å². The van der Waals surface area contributed by atoms with Crippen molar-refractivity contribution >= 4 is 38.5 Å². The van der Waals surface area contributed by atoms with Gasteiger partial charge in [-0.05, 0) is 11.5 Å².